The maximum Gasteiger partial charge on any atom is 0.174 e. The summed E-state index contributed by atoms with van der Waals surface area (Å²) in [5.74, 6) is 0.689. The number of aryl methyl sites for hydroxylation is 1. The predicted molar refractivity (Wildman–Crippen MR) is 67.3 cm³/mol. The Morgan fingerprint density at radius 3 is 2.88 bits per heavy atom. The molecule has 17 heavy (non-hydrogen) atoms. The second kappa shape index (κ2) is 5.97. The van der Waals surface area contributed by atoms with Crippen molar-refractivity contribution in [2.75, 3.05) is 12.4 Å². The van der Waals surface area contributed by atoms with Gasteiger partial charge < -0.3 is 4.74 Å². The lowest BCUT2D eigenvalue weighted by molar-refractivity contribution is 0.325. The minimum atomic E-state index is -0.329. The lowest BCUT2D eigenvalue weighted by Gasteiger charge is -2.05. The van der Waals surface area contributed by atoms with E-state index >= 15 is 0 Å². The predicted octanol–water partition coefficient (Wildman–Crippen LogP) is 3.16. The summed E-state index contributed by atoms with van der Waals surface area (Å²) in [6.07, 6.45) is 0. The normalized spacial score (nSPS) is 10.5. The molecule has 0 N–H and O–H groups in total. The zero-order valence-corrected chi connectivity index (χ0v) is 10.9. The molecule has 6 heteroatoms. The number of benzene rings is 1. The summed E-state index contributed by atoms with van der Waals surface area (Å²) in [5, 5.41) is 8.84. The van der Waals surface area contributed by atoms with Crippen LogP contribution in [0.25, 0.3) is 0 Å². The maximum atomic E-state index is 13.2. The number of halogens is 1. The third-order valence-corrected chi connectivity index (χ3v) is 3.85. The molecule has 2 rings (SSSR count). The van der Waals surface area contributed by atoms with Crippen molar-refractivity contribution in [1.29, 1.82) is 0 Å². The molecule has 0 saturated carbocycles. The van der Waals surface area contributed by atoms with Gasteiger partial charge in [0.2, 0.25) is 0 Å². The Hall–Kier alpha value is -1.14. The fourth-order valence-corrected chi connectivity index (χ4v) is 2.88. The van der Waals surface area contributed by atoms with Crippen molar-refractivity contribution < 1.29 is 9.13 Å². The van der Waals surface area contributed by atoms with Crippen LogP contribution < -0.4 is 4.74 Å². The lowest BCUT2D eigenvalue weighted by atomic mass is 10.3. The molecule has 0 bridgehead atoms. The molecule has 0 aliphatic heterocycles. The van der Waals surface area contributed by atoms with Gasteiger partial charge in [0.05, 0.1) is 6.61 Å². The highest BCUT2D eigenvalue weighted by Crippen LogP contribution is 2.22. The third-order valence-electron chi connectivity index (χ3n) is 1.91. The van der Waals surface area contributed by atoms with Crippen LogP contribution in [0.15, 0.2) is 28.6 Å². The first-order chi connectivity index (χ1) is 8.25. The molecule has 0 atom stereocenters. The van der Waals surface area contributed by atoms with E-state index in [2.05, 4.69) is 10.2 Å². The number of para-hydroxylation sites is 1. The average molecular weight is 270 g/mol. The summed E-state index contributed by atoms with van der Waals surface area (Å²) in [4.78, 5) is 0. The molecule has 0 spiro atoms. The van der Waals surface area contributed by atoms with Gasteiger partial charge in [0.1, 0.15) is 5.01 Å². The highest BCUT2D eigenvalue weighted by Gasteiger charge is 2.03. The van der Waals surface area contributed by atoms with Gasteiger partial charge in [-0.05, 0) is 19.1 Å². The third kappa shape index (κ3) is 3.67. The molecule has 90 valence electrons. The number of rotatable bonds is 5. The number of aromatic nitrogens is 2. The summed E-state index contributed by atoms with van der Waals surface area (Å²) in [6, 6.07) is 6.40. The molecule has 3 nitrogen and oxygen atoms in total. The van der Waals surface area contributed by atoms with Gasteiger partial charge in [-0.25, -0.2) is 4.39 Å². The first-order valence-corrected chi connectivity index (χ1v) is 6.86. The van der Waals surface area contributed by atoms with Crippen LogP contribution in [0.4, 0.5) is 4.39 Å². The van der Waals surface area contributed by atoms with Crippen molar-refractivity contribution in [3.63, 3.8) is 0 Å². The van der Waals surface area contributed by atoms with Gasteiger partial charge in [0, 0.05) is 5.75 Å². The second-order valence-corrected chi connectivity index (χ2v) is 5.74. The van der Waals surface area contributed by atoms with Gasteiger partial charge in [-0.2, -0.15) is 0 Å². The Kier molecular flexibility index (Phi) is 4.33. The van der Waals surface area contributed by atoms with Crippen LogP contribution in [0.3, 0.4) is 0 Å². The van der Waals surface area contributed by atoms with Crippen molar-refractivity contribution in [2.45, 2.75) is 11.3 Å². The summed E-state index contributed by atoms with van der Waals surface area (Å²) in [7, 11) is 0. The minimum Gasteiger partial charge on any atom is -0.490 e. The summed E-state index contributed by atoms with van der Waals surface area (Å²) < 4.78 is 19.4. The second-order valence-electron chi connectivity index (χ2n) is 3.21. The smallest absolute Gasteiger partial charge is 0.174 e. The number of ether oxygens (including phenoxy) is 1. The van der Waals surface area contributed by atoms with E-state index in [4.69, 9.17) is 4.74 Å². The number of nitrogens with zero attached hydrogens (tertiary/aromatic N) is 2. The molecule has 1 aromatic carbocycles. The number of thioether (sulfide) groups is 1. The fraction of sp³-hybridized carbons (Fsp3) is 0.273. The topological polar surface area (TPSA) is 35.0 Å². The van der Waals surface area contributed by atoms with Crippen molar-refractivity contribution in [1.82, 2.24) is 10.2 Å². The molecule has 0 amide bonds. The minimum absolute atomic E-state index is 0.293. The molecule has 0 aliphatic rings. The molecule has 2 aromatic rings. The molecular formula is C11H11FN2OS2. The summed E-state index contributed by atoms with van der Waals surface area (Å²) in [5.41, 5.74) is 0. The summed E-state index contributed by atoms with van der Waals surface area (Å²) >= 11 is 3.11. The Morgan fingerprint density at radius 1 is 1.35 bits per heavy atom. The van der Waals surface area contributed by atoms with Crippen LogP contribution in [0.1, 0.15) is 5.01 Å². The average Bonchev–Trinajstić information content (AvgIpc) is 2.73. The van der Waals surface area contributed by atoms with E-state index in [0.29, 0.717) is 12.4 Å². The van der Waals surface area contributed by atoms with E-state index in [-0.39, 0.29) is 5.82 Å². The number of hydrogen-bond donors (Lipinski definition) is 0. The quantitative estimate of drug-likeness (QED) is 0.617. The van der Waals surface area contributed by atoms with Gasteiger partial charge >= 0.3 is 0 Å². The van der Waals surface area contributed by atoms with Crippen LogP contribution in [0.2, 0.25) is 0 Å². The molecular weight excluding hydrogens is 259 g/mol. The van der Waals surface area contributed by atoms with E-state index in [1.165, 1.54) is 6.07 Å². The van der Waals surface area contributed by atoms with Crippen LogP contribution in [0.5, 0.6) is 5.75 Å². The standard InChI is InChI=1S/C11H11FN2OS2/c1-8-13-14-11(17-8)16-7-6-15-10-5-3-2-4-9(10)12/h2-5H,6-7H2,1H3. The highest BCUT2D eigenvalue weighted by molar-refractivity contribution is 8.01. The molecule has 0 saturated heterocycles. The van der Waals surface area contributed by atoms with Crippen molar-refractivity contribution >= 4 is 23.1 Å². The Labute approximate surface area is 107 Å². The van der Waals surface area contributed by atoms with E-state index in [0.717, 1.165) is 15.1 Å². The SMILES string of the molecule is Cc1nnc(SCCOc2ccccc2F)s1. The van der Waals surface area contributed by atoms with Crippen molar-refractivity contribution in [3.8, 4) is 5.75 Å². The van der Waals surface area contributed by atoms with E-state index in [9.17, 15) is 4.39 Å². The first kappa shape index (κ1) is 12.3. The van der Waals surface area contributed by atoms with E-state index in [1.54, 1.807) is 41.3 Å². The van der Waals surface area contributed by atoms with Crippen LogP contribution in [0, 0.1) is 12.7 Å². The highest BCUT2D eigenvalue weighted by atomic mass is 32.2. The fourth-order valence-electron chi connectivity index (χ4n) is 1.18. The van der Waals surface area contributed by atoms with Gasteiger partial charge in [-0.3, -0.25) is 0 Å². The van der Waals surface area contributed by atoms with Crippen LogP contribution in [-0.4, -0.2) is 22.6 Å². The zero-order chi connectivity index (χ0) is 12.1. The van der Waals surface area contributed by atoms with Gasteiger partial charge in [0.25, 0.3) is 0 Å². The molecule has 0 radical (unpaired) electrons. The lowest BCUT2D eigenvalue weighted by Crippen LogP contribution is -2.01. The van der Waals surface area contributed by atoms with Crippen molar-refractivity contribution in [3.05, 3.63) is 35.1 Å². The molecule has 0 unspecified atom stereocenters. The maximum absolute atomic E-state index is 13.2. The van der Waals surface area contributed by atoms with Crippen molar-refractivity contribution in [2.24, 2.45) is 0 Å². The largest absolute Gasteiger partial charge is 0.490 e. The first-order valence-electron chi connectivity index (χ1n) is 5.06. The monoisotopic (exact) mass is 270 g/mol. The zero-order valence-electron chi connectivity index (χ0n) is 9.22. The van der Waals surface area contributed by atoms with Crippen LogP contribution in [-0.2, 0) is 0 Å². The van der Waals surface area contributed by atoms with Gasteiger partial charge in [0.15, 0.2) is 15.9 Å². The Balaban J connectivity index is 1.75. The van der Waals surface area contributed by atoms with Gasteiger partial charge in [-0.15, -0.1) is 10.2 Å². The van der Waals surface area contributed by atoms with Crippen LogP contribution >= 0.6 is 23.1 Å². The summed E-state index contributed by atoms with van der Waals surface area (Å²) in [6.45, 7) is 2.36. The molecule has 0 fully saturated rings. The van der Waals surface area contributed by atoms with E-state index < -0.39 is 0 Å². The van der Waals surface area contributed by atoms with Gasteiger partial charge in [-0.1, -0.05) is 35.2 Å². The Morgan fingerprint density at radius 2 is 2.18 bits per heavy atom. The van der Waals surface area contributed by atoms with E-state index in [1.807, 2.05) is 6.92 Å². The molecule has 1 aromatic heterocycles. The molecule has 0 aliphatic carbocycles. The molecule has 1 heterocycles. The number of hydrogen-bond acceptors (Lipinski definition) is 5. The Bertz CT molecular complexity index is 490.